The molecule has 0 radical (unpaired) electrons. The summed E-state index contributed by atoms with van der Waals surface area (Å²) in [7, 11) is 4.73. The number of thiazole rings is 1. The average Bonchev–Trinajstić information content (AvgIpc) is 3.29. The summed E-state index contributed by atoms with van der Waals surface area (Å²) in [6, 6.07) is 0.436. The largest absolute Gasteiger partial charge is 0.378 e. The lowest BCUT2D eigenvalue weighted by Crippen LogP contribution is -2.52. The van der Waals surface area contributed by atoms with Crippen molar-refractivity contribution in [1.29, 1.82) is 0 Å². The van der Waals surface area contributed by atoms with Crippen LogP contribution in [0.5, 0.6) is 0 Å². The number of carbonyl (C=O) groups is 1. The summed E-state index contributed by atoms with van der Waals surface area (Å²) in [6.45, 7) is 11.5. The molecule has 30 heavy (non-hydrogen) atoms. The number of aromatic nitrogens is 3. The lowest BCUT2D eigenvalue weighted by atomic mass is 10.0. The Hall–Kier alpha value is -2.14. The predicted molar refractivity (Wildman–Crippen MR) is 119 cm³/mol. The number of aldehydes is 1. The second-order valence-electron chi connectivity index (χ2n) is 6.66. The molecule has 3 heterocycles. The van der Waals surface area contributed by atoms with Gasteiger partial charge in [0.15, 0.2) is 17.2 Å². The Morgan fingerprint density at radius 1 is 1.30 bits per heavy atom. The van der Waals surface area contributed by atoms with Gasteiger partial charge in [0.2, 0.25) is 0 Å². The molecule has 168 valence electrons. The van der Waals surface area contributed by atoms with Crippen molar-refractivity contribution in [2.24, 2.45) is 0 Å². The minimum atomic E-state index is 0.222. The van der Waals surface area contributed by atoms with E-state index in [1.165, 1.54) is 0 Å². The third kappa shape index (κ3) is 7.28. The Morgan fingerprint density at radius 3 is 2.37 bits per heavy atom. The van der Waals surface area contributed by atoms with E-state index in [1.807, 2.05) is 33.9 Å². The summed E-state index contributed by atoms with van der Waals surface area (Å²) in [4.78, 5) is 27.6. The number of aromatic amines is 1. The van der Waals surface area contributed by atoms with E-state index in [-0.39, 0.29) is 6.10 Å². The zero-order valence-electron chi connectivity index (χ0n) is 18.5. The summed E-state index contributed by atoms with van der Waals surface area (Å²) in [6.07, 6.45) is 3.89. The van der Waals surface area contributed by atoms with Crippen LogP contribution in [0.4, 0.5) is 9.66 Å². The number of carbonyl (C=O) groups excluding carboxylic acids is 1. The van der Waals surface area contributed by atoms with E-state index in [9.17, 15) is 9.32 Å². The molecule has 0 amide bonds. The molecule has 0 aromatic carbocycles. The lowest BCUT2D eigenvalue weighted by Gasteiger charge is -2.37. The van der Waals surface area contributed by atoms with Gasteiger partial charge in [0.1, 0.15) is 0 Å². The molecule has 1 aliphatic rings. The highest BCUT2D eigenvalue weighted by Gasteiger charge is 2.29. The molecule has 1 saturated heterocycles. The second-order valence-corrected chi connectivity index (χ2v) is 7.67. The van der Waals surface area contributed by atoms with Crippen LogP contribution in [-0.4, -0.2) is 67.7 Å². The topological polar surface area (TPSA) is 92.4 Å². The molecule has 10 heteroatoms. The van der Waals surface area contributed by atoms with Crippen molar-refractivity contribution in [3.63, 3.8) is 0 Å². The molecule has 1 fully saturated rings. The zero-order chi connectivity index (χ0) is 22.7. The number of nitrogens with one attached hydrogen (secondary N) is 2. The Labute approximate surface area is 181 Å². The van der Waals surface area contributed by atoms with Gasteiger partial charge in [-0.15, -0.1) is 0 Å². The van der Waals surface area contributed by atoms with E-state index < -0.39 is 0 Å². The highest BCUT2D eigenvalue weighted by Crippen LogP contribution is 2.29. The molecule has 2 atom stereocenters. The predicted octanol–water partition coefficient (Wildman–Crippen LogP) is 3.26. The van der Waals surface area contributed by atoms with Crippen LogP contribution in [0.3, 0.4) is 0 Å². The summed E-state index contributed by atoms with van der Waals surface area (Å²) in [5, 5.41) is 4.40. The first kappa shape index (κ1) is 25.9. The molecule has 8 nitrogen and oxygen atoms in total. The van der Waals surface area contributed by atoms with Gasteiger partial charge >= 0.3 is 0 Å². The number of methoxy groups -OCH3 is 1. The summed E-state index contributed by atoms with van der Waals surface area (Å²) < 4.78 is 15.4. The van der Waals surface area contributed by atoms with Crippen molar-refractivity contribution >= 4 is 28.8 Å². The smallest absolute Gasteiger partial charge is 0.186 e. The van der Waals surface area contributed by atoms with E-state index in [0.717, 1.165) is 53.7 Å². The molecule has 1 aliphatic heterocycles. The monoisotopic (exact) mass is 441 g/mol. The highest BCUT2D eigenvalue weighted by atomic mass is 32.1. The standard InChI is InChI=1S/C13H21N3OS.C6H8N2O.CH3FO/c1-5-12-9(2)15-13(18-12)16-7-6-10(14-3)11(8-16)17-4;1-4-5(2)8-6(3-9)7-4;1-3-2/h5,10-11,14H,1,6-8H2,2-4H3;3H,1-2H3,(H,7,8);1H3/t10-,11+;;/m1../s1. The first-order valence-corrected chi connectivity index (χ1v) is 10.3. The molecule has 0 saturated carbocycles. The van der Waals surface area contributed by atoms with Gasteiger partial charge in [-0.3, -0.25) is 4.79 Å². The summed E-state index contributed by atoms with van der Waals surface area (Å²) >= 11 is 1.71. The summed E-state index contributed by atoms with van der Waals surface area (Å²) in [5.41, 5.74) is 2.91. The second kappa shape index (κ2) is 13.2. The first-order valence-electron chi connectivity index (χ1n) is 9.53. The Bertz CT molecular complexity index is 776. The number of rotatable bonds is 5. The molecule has 2 N–H and O–H groups in total. The van der Waals surface area contributed by atoms with Gasteiger partial charge < -0.3 is 19.9 Å². The van der Waals surface area contributed by atoms with Crippen LogP contribution in [0, 0.1) is 20.8 Å². The van der Waals surface area contributed by atoms with Crippen molar-refractivity contribution in [2.75, 3.05) is 39.3 Å². The van der Waals surface area contributed by atoms with Crippen LogP contribution in [0.15, 0.2) is 6.58 Å². The number of ether oxygens (including phenoxy) is 1. The first-order chi connectivity index (χ1) is 14.3. The van der Waals surface area contributed by atoms with Crippen LogP contribution < -0.4 is 10.2 Å². The maximum Gasteiger partial charge on any atom is 0.186 e. The molecule has 0 unspecified atom stereocenters. The summed E-state index contributed by atoms with van der Waals surface area (Å²) in [5.74, 6) is 0.407. The van der Waals surface area contributed by atoms with Gasteiger partial charge in [-0.25, -0.2) is 9.97 Å². The van der Waals surface area contributed by atoms with E-state index in [2.05, 4.69) is 36.7 Å². The van der Waals surface area contributed by atoms with E-state index in [4.69, 9.17) is 4.74 Å². The third-order valence-electron chi connectivity index (χ3n) is 4.77. The van der Waals surface area contributed by atoms with Gasteiger partial charge in [-0.1, -0.05) is 24.0 Å². The molecule has 0 spiro atoms. The van der Waals surface area contributed by atoms with Gasteiger partial charge in [0.05, 0.1) is 29.5 Å². The van der Waals surface area contributed by atoms with Gasteiger partial charge in [0, 0.05) is 31.9 Å². The van der Waals surface area contributed by atoms with Crippen molar-refractivity contribution in [3.05, 3.63) is 34.4 Å². The molecule has 0 aliphatic carbocycles. The SMILES string of the molecule is C=Cc1sc(N2CC[C@@H](NC)[C@@H](OC)C2)nc1C.COF.Cc1nc(C=O)[nH]c1C. The third-order valence-corrected chi connectivity index (χ3v) is 5.98. The number of piperidine rings is 1. The van der Waals surface area contributed by atoms with Crippen molar-refractivity contribution in [2.45, 2.75) is 39.3 Å². The van der Waals surface area contributed by atoms with Crippen molar-refractivity contribution in [1.82, 2.24) is 20.3 Å². The number of nitrogens with zero attached hydrogens (tertiary/aromatic N) is 3. The molecule has 2 aromatic heterocycles. The molecule has 0 bridgehead atoms. The van der Waals surface area contributed by atoms with Crippen molar-refractivity contribution < 1.29 is 19.0 Å². The fourth-order valence-electron chi connectivity index (χ4n) is 3.01. The Morgan fingerprint density at radius 2 is 1.97 bits per heavy atom. The number of aryl methyl sites for hydroxylation is 3. The van der Waals surface area contributed by atoms with Crippen molar-refractivity contribution in [3.8, 4) is 0 Å². The maximum absolute atomic E-state index is 10.1. The lowest BCUT2D eigenvalue weighted by molar-refractivity contribution is -0.0960. The highest BCUT2D eigenvalue weighted by molar-refractivity contribution is 7.16. The average molecular weight is 442 g/mol. The number of imidazole rings is 1. The van der Waals surface area contributed by atoms with E-state index in [1.54, 1.807) is 18.4 Å². The van der Waals surface area contributed by atoms with Crippen LogP contribution in [-0.2, 0) is 9.68 Å². The number of halogens is 1. The Balaban J connectivity index is 0.000000313. The number of hydrogen-bond acceptors (Lipinski definition) is 8. The number of hydrogen-bond donors (Lipinski definition) is 2. The normalized spacial score (nSPS) is 18.0. The molecule has 2 aromatic rings. The van der Waals surface area contributed by atoms with E-state index in [0.29, 0.717) is 18.2 Å². The van der Waals surface area contributed by atoms with Crippen LogP contribution in [0.25, 0.3) is 6.08 Å². The van der Waals surface area contributed by atoms with Gasteiger partial charge in [0.25, 0.3) is 0 Å². The fourth-order valence-corrected chi connectivity index (χ4v) is 3.96. The number of H-pyrrole nitrogens is 1. The van der Waals surface area contributed by atoms with Crippen LogP contribution in [0.2, 0.25) is 0 Å². The quantitative estimate of drug-likeness (QED) is 0.688. The molecule has 3 rings (SSSR count). The maximum atomic E-state index is 10.1. The van der Waals surface area contributed by atoms with Crippen LogP contribution >= 0.6 is 11.3 Å². The minimum Gasteiger partial charge on any atom is -0.378 e. The molecular weight excluding hydrogens is 409 g/mol. The van der Waals surface area contributed by atoms with Gasteiger partial charge in [-0.2, -0.15) is 4.94 Å². The number of anilines is 1. The fraction of sp³-hybridized carbons (Fsp3) is 0.550. The Kier molecular flexibility index (Phi) is 11.4. The molecular formula is C20H32FN5O3S. The van der Waals surface area contributed by atoms with Gasteiger partial charge in [-0.05, 0) is 38.8 Å². The zero-order valence-corrected chi connectivity index (χ0v) is 19.3. The number of likely N-dealkylation sites (N-methyl/N-ethyl adjacent to an activating group) is 1. The van der Waals surface area contributed by atoms with E-state index >= 15 is 0 Å². The minimum absolute atomic E-state index is 0.222. The van der Waals surface area contributed by atoms with Crippen LogP contribution in [0.1, 0.15) is 39.0 Å².